The van der Waals surface area contributed by atoms with E-state index < -0.39 is 8.32 Å². The quantitative estimate of drug-likeness (QED) is 0.220. The van der Waals surface area contributed by atoms with Gasteiger partial charge in [0.2, 0.25) is 0 Å². The Kier molecular flexibility index (Phi) is 8.29. The van der Waals surface area contributed by atoms with Crippen LogP contribution in [0, 0.1) is 23.7 Å². The molecule has 0 N–H and O–H groups in total. The van der Waals surface area contributed by atoms with Gasteiger partial charge in [-0.05, 0) is 41.1 Å². The van der Waals surface area contributed by atoms with Gasteiger partial charge in [-0.3, -0.25) is 4.79 Å². The summed E-state index contributed by atoms with van der Waals surface area (Å²) in [6.07, 6.45) is 6.32. The van der Waals surface area contributed by atoms with Crippen molar-refractivity contribution >= 4 is 24.5 Å². The zero-order chi connectivity index (χ0) is 23.0. The summed E-state index contributed by atoms with van der Waals surface area (Å²) in [6.45, 7) is 11.0. The van der Waals surface area contributed by atoms with Gasteiger partial charge in [-0.15, -0.1) is 6.58 Å². The zero-order valence-corrected chi connectivity index (χ0v) is 20.8. The van der Waals surface area contributed by atoms with Crippen molar-refractivity contribution in [2.75, 3.05) is 6.61 Å². The van der Waals surface area contributed by atoms with Gasteiger partial charge in [-0.2, -0.15) is 0 Å². The number of ketones is 1. The predicted octanol–water partition coefficient (Wildman–Crippen LogP) is 5.52. The van der Waals surface area contributed by atoms with E-state index in [1.165, 1.54) is 10.4 Å². The molecular weight excluding hydrogens is 408 g/mol. The molecule has 0 saturated heterocycles. The Morgan fingerprint density at radius 2 is 1.66 bits per heavy atom. The Labute approximate surface area is 195 Å². The lowest BCUT2D eigenvalue weighted by atomic mass is 9.71. The largest absolute Gasteiger partial charge is 0.396 e. The second-order valence-corrected chi connectivity index (χ2v) is 14.0. The van der Waals surface area contributed by atoms with E-state index in [9.17, 15) is 4.79 Å². The van der Waals surface area contributed by atoms with Crippen LogP contribution >= 0.6 is 0 Å². The fourth-order valence-electron chi connectivity index (χ4n) is 4.74. The summed E-state index contributed by atoms with van der Waals surface area (Å²) in [6, 6.07) is 21.3. The highest BCUT2D eigenvalue weighted by Crippen LogP contribution is 2.37. The molecule has 1 fully saturated rings. The molecule has 1 saturated carbocycles. The molecule has 0 aromatic heterocycles. The molecule has 0 amide bonds. The molecule has 2 atom stereocenters. The van der Waals surface area contributed by atoms with Gasteiger partial charge in [0.05, 0.1) is 6.61 Å². The van der Waals surface area contributed by atoms with Crippen molar-refractivity contribution in [2.45, 2.75) is 57.9 Å². The molecule has 2 aromatic rings. The fraction of sp³-hybridized carbons (Fsp3) is 0.414. The summed E-state index contributed by atoms with van der Waals surface area (Å²) >= 11 is 0. The molecule has 0 radical (unpaired) electrons. The van der Waals surface area contributed by atoms with E-state index in [0.717, 1.165) is 25.7 Å². The second-order valence-electron chi connectivity index (χ2n) is 9.71. The molecule has 3 rings (SSSR count). The van der Waals surface area contributed by atoms with Crippen molar-refractivity contribution in [1.29, 1.82) is 0 Å². The number of hydrogen-bond donors (Lipinski definition) is 0. The highest BCUT2D eigenvalue weighted by molar-refractivity contribution is 6.99. The fourth-order valence-corrected chi connectivity index (χ4v) is 9.19. The van der Waals surface area contributed by atoms with Crippen molar-refractivity contribution in [3.63, 3.8) is 0 Å². The standard InChI is InChI=1S/C29H36O2Si/c1-5-6-9-20-28(30)27-22-21-24(27)15-14-23-31-32(29(2,3)4,25-16-10-7-11-17-25)26-18-12-8-13-19-26/h5,7-8,10-13,16-19,24,27H,1,6,9,20-23H2,2-4H3/t24-,27-/m0/s1. The van der Waals surface area contributed by atoms with Crippen LogP contribution in [0.4, 0.5) is 0 Å². The SMILES string of the molecule is C=CCCCC(=O)[C@H]1CC[C@@H]1C#CCO[Si](c1ccccc1)(c1ccccc1)C(C)(C)C. The number of carbonyl (C=O) groups is 1. The molecule has 0 heterocycles. The molecule has 32 heavy (non-hydrogen) atoms. The molecule has 3 heteroatoms. The van der Waals surface area contributed by atoms with Crippen molar-refractivity contribution in [2.24, 2.45) is 11.8 Å². The maximum absolute atomic E-state index is 12.5. The van der Waals surface area contributed by atoms with Crippen LogP contribution in [-0.4, -0.2) is 20.7 Å². The van der Waals surface area contributed by atoms with Crippen LogP contribution in [0.25, 0.3) is 0 Å². The average molecular weight is 445 g/mol. The zero-order valence-electron chi connectivity index (χ0n) is 19.8. The van der Waals surface area contributed by atoms with Gasteiger partial charge < -0.3 is 4.43 Å². The molecule has 1 aliphatic carbocycles. The van der Waals surface area contributed by atoms with E-state index in [2.05, 4.69) is 99.9 Å². The summed E-state index contributed by atoms with van der Waals surface area (Å²) in [5, 5.41) is 2.47. The smallest absolute Gasteiger partial charge is 0.262 e. The summed E-state index contributed by atoms with van der Waals surface area (Å²) in [4.78, 5) is 12.5. The molecular formula is C29H36O2Si. The number of Topliss-reactive ketones (excluding diaryl/α,β-unsaturated/α-hetero) is 1. The van der Waals surface area contributed by atoms with Crippen molar-refractivity contribution in [3.05, 3.63) is 73.3 Å². The molecule has 0 aliphatic heterocycles. The lowest BCUT2D eigenvalue weighted by Gasteiger charge is -2.42. The second kappa shape index (κ2) is 10.9. The minimum Gasteiger partial charge on any atom is -0.396 e. The number of rotatable bonds is 9. The summed E-state index contributed by atoms with van der Waals surface area (Å²) in [7, 11) is -2.55. The summed E-state index contributed by atoms with van der Waals surface area (Å²) in [5.41, 5.74) is 0. The first-order valence-corrected chi connectivity index (χ1v) is 13.7. The topological polar surface area (TPSA) is 26.3 Å². The van der Waals surface area contributed by atoms with Gasteiger partial charge in [0.1, 0.15) is 5.78 Å². The van der Waals surface area contributed by atoms with Gasteiger partial charge in [-0.1, -0.05) is 99.4 Å². The number of allylic oxidation sites excluding steroid dienone is 1. The van der Waals surface area contributed by atoms with Crippen LogP contribution < -0.4 is 10.4 Å². The van der Waals surface area contributed by atoms with Crippen LogP contribution in [0.1, 0.15) is 52.9 Å². The van der Waals surface area contributed by atoms with E-state index in [1.54, 1.807) is 0 Å². The number of benzene rings is 2. The Bertz CT molecular complexity index is 908. The number of unbranched alkanes of at least 4 members (excludes halogenated alkanes) is 1. The number of carbonyl (C=O) groups excluding carboxylic acids is 1. The third-order valence-electron chi connectivity index (χ3n) is 6.58. The van der Waals surface area contributed by atoms with Gasteiger partial charge >= 0.3 is 0 Å². The van der Waals surface area contributed by atoms with Gasteiger partial charge in [0.25, 0.3) is 8.32 Å². The van der Waals surface area contributed by atoms with Crippen molar-refractivity contribution in [3.8, 4) is 11.8 Å². The highest BCUT2D eigenvalue weighted by atomic mass is 28.4. The lowest BCUT2D eigenvalue weighted by molar-refractivity contribution is -0.126. The summed E-state index contributed by atoms with van der Waals surface area (Å²) in [5.74, 6) is 7.34. The van der Waals surface area contributed by atoms with Crippen LogP contribution in [0.3, 0.4) is 0 Å². The maximum Gasteiger partial charge on any atom is 0.262 e. The Morgan fingerprint density at radius 3 is 2.12 bits per heavy atom. The van der Waals surface area contributed by atoms with Crippen LogP contribution in [-0.2, 0) is 9.22 Å². The third kappa shape index (κ3) is 5.31. The predicted molar refractivity (Wildman–Crippen MR) is 137 cm³/mol. The lowest BCUT2D eigenvalue weighted by Crippen LogP contribution is -2.66. The summed E-state index contributed by atoms with van der Waals surface area (Å²) < 4.78 is 6.83. The molecule has 1 aliphatic rings. The van der Waals surface area contributed by atoms with E-state index in [-0.39, 0.29) is 16.9 Å². The van der Waals surface area contributed by atoms with Crippen molar-refractivity contribution in [1.82, 2.24) is 0 Å². The molecule has 0 bridgehead atoms. The third-order valence-corrected chi connectivity index (χ3v) is 11.6. The van der Waals surface area contributed by atoms with E-state index >= 15 is 0 Å². The normalized spacial score (nSPS) is 18.2. The van der Waals surface area contributed by atoms with E-state index in [1.807, 2.05) is 6.08 Å². The Morgan fingerprint density at radius 1 is 1.06 bits per heavy atom. The van der Waals surface area contributed by atoms with Crippen LogP contribution in [0.15, 0.2) is 73.3 Å². The Hall–Kier alpha value is -2.41. The first-order valence-electron chi connectivity index (χ1n) is 11.8. The molecule has 2 nitrogen and oxygen atoms in total. The first-order chi connectivity index (χ1) is 15.4. The molecule has 168 valence electrons. The first kappa shape index (κ1) is 24.2. The van der Waals surface area contributed by atoms with Gasteiger partial charge in [0.15, 0.2) is 0 Å². The maximum atomic E-state index is 12.5. The van der Waals surface area contributed by atoms with Gasteiger partial charge in [-0.25, -0.2) is 0 Å². The molecule has 0 spiro atoms. The average Bonchev–Trinajstić information content (AvgIpc) is 2.76. The van der Waals surface area contributed by atoms with Crippen molar-refractivity contribution < 1.29 is 9.22 Å². The van der Waals surface area contributed by atoms with E-state index in [4.69, 9.17) is 4.43 Å². The van der Waals surface area contributed by atoms with E-state index in [0.29, 0.717) is 18.8 Å². The van der Waals surface area contributed by atoms with Crippen LogP contribution in [0.2, 0.25) is 5.04 Å². The minimum absolute atomic E-state index is 0.0580. The van der Waals surface area contributed by atoms with Gasteiger partial charge in [0, 0.05) is 18.3 Å². The monoisotopic (exact) mass is 444 g/mol. The highest BCUT2D eigenvalue weighted by Gasteiger charge is 2.50. The molecule has 2 aromatic carbocycles. The number of hydrogen-bond acceptors (Lipinski definition) is 2. The minimum atomic E-state index is -2.55. The van der Waals surface area contributed by atoms with Crippen LogP contribution in [0.5, 0.6) is 0 Å². The Balaban J connectivity index is 1.78. The molecule has 0 unspecified atom stereocenters.